The van der Waals surface area contributed by atoms with Gasteiger partial charge >= 0.3 is 0 Å². The summed E-state index contributed by atoms with van der Waals surface area (Å²) in [6.07, 6.45) is 0. The maximum absolute atomic E-state index is 6.71. The van der Waals surface area contributed by atoms with E-state index in [1.807, 2.05) is 12.1 Å². The quantitative estimate of drug-likeness (QED) is 0.188. The number of aromatic nitrogens is 2. The second-order valence-electron chi connectivity index (χ2n) is 13.6. The largest absolute Gasteiger partial charge is 0.456 e. The summed E-state index contributed by atoms with van der Waals surface area (Å²) in [5.74, 6) is 1.66. The standard InChI is InChI=1S/C49H30N2O/c1-3-14-31(15-4-1)32-26-28-34(29-27-32)48-50-42(33-16-5-2-6-17-33)30-43(51-48)37-21-13-24-41-45(37)35-18-7-10-22-39(35)49(41)40-23-11-8-19-36(40)47-46(49)38-20-9-12-25-44(38)52-47/h1-30H. The van der Waals surface area contributed by atoms with Crippen LogP contribution in [0.2, 0.25) is 0 Å². The fourth-order valence-electron chi connectivity index (χ4n) is 8.76. The number of para-hydroxylation sites is 1. The van der Waals surface area contributed by atoms with Crippen LogP contribution in [-0.2, 0) is 5.41 Å². The molecule has 11 rings (SSSR count). The zero-order valence-electron chi connectivity index (χ0n) is 28.1. The van der Waals surface area contributed by atoms with Gasteiger partial charge in [0.1, 0.15) is 11.3 Å². The Morgan fingerprint density at radius 1 is 0.404 bits per heavy atom. The second kappa shape index (κ2) is 11.1. The van der Waals surface area contributed by atoms with Crippen LogP contribution in [0.4, 0.5) is 0 Å². The van der Waals surface area contributed by atoms with Crippen LogP contribution in [0, 0.1) is 0 Å². The van der Waals surface area contributed by atoms with Gasteiger partial charge in [-0.25, -0.2) is 9.97 Å². The van der Waals surface area contributed by atoms with Crippen molar-refractivity contribution in [2.24, 2.45) is 0 Å². The lowest BCUT2D eigenvalue weighted by Gasteiger charge is -2.30. The van der Waals surface area contributed by atoms with Crippen molar-refractivity contribution < 1.29 is 4.42 Å². The minimum Gasteiger partial charge on any atom is -0.456 e. The van der Waals surface area contributed by atoms with Gasteiger partial charge in [0.15, 0.2) is 5.82 Å². The maximum atomic E-state index is 6.71. The van der Waals surface area contributed by atoms with Crippen molar-refractivity contribution in [2.75, 3.05) is 0 Å². The van der Waals surface area contributed by atoms with E-state index in [0.29, 0.717) is 5.82 Å². The first-order valence-electron chi connectivity index (χ1n) is 17.7. The molecule has 2 heterocycles. The summed E-state index contributed by atoms with van der Waals surface area (Å²) >= 11 is 0. The van der Waals surface area contributed by atoms with Crippen LogP contribution in [0.25, 0.3) is 78.4 Å². The van der Waals surface area contributed by atoms with Crippen molar-refractivity contribution in [3.05, 3.63) is 204 Å². The molecule has 0 saturated carbocycles. The molecular formula is C49H30N2O. The Balaban J connectivity index is 1.17. The molecule has 1 spiro atoms. The summed E-state index contributed by atoms with van der Waals surface area (Å²) in [7, 11) is 0. The number of hydrogen-bond acceptors (Lipinski definition) is 3. The third kappa shape index (κ3) is 4.02. The number of fused-ring (bicyclic) bond motifs is 12. The third-order valence-corrected chi connectivity index (χ3v) is 10.9. The molecule has 2 aliphatic rings. The average molecular weight is 663 g/mol. The number of nitrogens with zero attached hydrogens (tertiary/aromatic N) is 2. The Morgan fingerprint density at radius 2 is 0.962 bits per heavy atom. The van der Waals surface area contributed by atoms with E-state index >= 15 is 0 Å². The van der Waals surface area contributed by atoms with Gasteiger partial charge in [-0.05, 0) is 51.1 Å². The average Bonchev–Trinajstić information content (AvgIpc) is 3.85. The Morgan fingerprint density at radius 3 is 1.75 bits per heavy atom. The van der Waals surface area contributed by atoms with Crippen LogP contribution >= 0.6 is 0 Å². The van der Waals surface area contributed by atoms with Crippen LogP contribution in [0.1, 0.15) is 22.3 Å². The van der Waals surface area contributed by atoms with E-state index in [2.05, 4.69) is 170 Å². The number of rotatable bonds is 4. The summed E-state index contributed by atoms with van der Waals surface area (Å²) < 4.78 is 6.71. The maximum Gasteiger partial charge on any atom is 0.160 e. The summed E-state index contributed by atoms with van der Waals surface area (Å²) in [6.45, 7) is 0. The molecule has 9 aromatic rings. The predicted molar refractivity (Wildman–Crippen MR) is 210 cm³/mol. The smallest absolute Gasteiger partial charge is 0.160 e. The molecule has 2 aliphatic carbocycles. The van der Waals surface area contributed by atoms with Crippen LogP contribution < -0.4 is 0 Å². The zero-order valence-corrected chi connectivity index (χ0v) is 28.1. The number of benzene rings is 7. The molecule has 0 aliphatic heterocycles. The Labute approximate surface area is 301 Å². The van der Waals surface area contributed by atoms with Gasteiger partial charge in [0.2, 0.25) is 0 Å². The van der Waals surface area contributed by atoms with E-state index in [-0.39, 0.29) is 0 Å². The highest BCUT2D eigenvalue weighted by atomic mass is 16.3. The molecule has 1 unspecified atom stereocenters. The van der Waals surface area contributed by atoms with E-state index in [9.17, 15) is 0 Å². The van der Waals surface area contributed by atoms with Gasteiger partial charge in [0, 0.05) is 33.2 Å². The van der Waals surface area contributed by atoms with Crippen molar-refractivity contribution in [2.45, 2.75) is 5.41 Å². The van der Waals surface area contributed by atoms with E-state index in [1.165, 1.54) is 38.9 Å². The van der Waals surface area contributed by atoms with Crippen molar-refractivity contribution >= 4 is 11.0 Å². The van der Waals surface area contributed by atoms with Crippen molar-refractivity contribution in [1.29, 1.82) is 0 Å². The summed E-state index contributed by atoms with van der Waals surface area (Å²) in [5, 5.41) is 1.15. The molecule has 0 fully saturated rings. The molecule has 0 bridgehead atoms. The molecule has 1 atom stereocenters. The Hall–Kier alpha value is -6.84. The minimum absolute atomic E-state index is 0.536. The molecule has 0 amide bonds. The zero-order chi connectivity index (χ0) is 34.2. The second-order valence-corrected chi connectivity index (χ2v) is 13.6. The molecule has 52 heavy (non-hydrogen) atoms. The van der Waals surface area contributed by atoms with Gasteiger partial charge < -0.3 is 4.42 Å². The minimum atomic E-state index is -0.536. The lowest BCUT2D eigenvalue weighted by Crippen LogP contribution is -2.25. The summed E-state index contributed by atoms with van der Waals surface area (Å²) in [4.78, 5) is 10.5. The Bertz CT molecular complexity index is 2840. The third-order valence-electron chi connectivity index (χ3n) is 10.9. The summed E-state index contributed by atoms with van der Waals surface area (Å²) in [6, 6.07) is 64.5. The van der Waals surface area contributed by atoms with Gasteiger partial charge in [-0.1, -0.05) is 170 Å². The first-order chi connectivity index (χ1) is 25.8. The van der Waals surface area contributed by atoms with E-state index < -0.39 is 5.41 Å². The van der Waals surface area contributed by atoms with Gasteiger partial charge in [-0.15, -0.1) is 0 Å². The highest BCUT2D eigenvalue weighted by molar-refractivity contribution is 6.04. The van der Waals surface area contributed by atoms with Gasteiger partial charge in [-0.3, -0.25) is 0 Å². The first kappa shape index (κ1) is 28.9. The predicted octanol–water partition coefficient (Wildman–Crippen LogP) is 12.2. The number of hydrogen-bond donors (Lipinski definition) is 0. The molecule has 7 aromatic carbocycles. The lowest BCUT2D eigenvalue weighted by atomic mass is 9.70. The Kier molecular flexibility index (Phi) is 6.17. The van der Waals surface area contributed by atoms with Crippen LogP contribution in [-0.4, -0.2) is 9.97 Å². The van der Waals surface area contributed by atoms with Gasteiger partial charge in [0.05, 0.1) is 16.8 Å². The topological polar surface area (TPSA) is 38.9 Å². The normalized spacial score (nSPS) is 15.0. The highest BCUT2D eigenvalue weighted by Gasteiger charge is 2.54. The molecule has 3 heteroatoms. The molecule has 0 saturated heterocycles. The molecule has 242 valence electrons. The molecule has 3 nitrogen and oxygen atoms in total. The molecular weight excluding hydrogens is 633 g/mol. The number of furan rings is 1. The fourth-order valence-corrected chi connectivity index (χ4v) is 8.76. The van der Waals surface area contributed by atoms with Crippen LogP contribution in [0.15, 0.2) is 186 Å². The van der Waals surface area contributed by atoms with Gasteiger partial charge in [-0.2, -0.15) is 0 Å². The molecule has 0 N–H and O–H groups in total. The van der Waals surface area contributed by atoms with E-state index in [4.69, 9.17) is 14.4 Å². The van der Waals surface area contributed by atoms with Crippen molar-refractivity contribution in [3.8, 4) is 67.5 Å². The van der Waals surface area contributed by atoms with Crippen LogP contribution in [0.5, 0.6) is 0 Å². The van der Waals surface area contributed by atoms with Crippen LogP contribution in [0.3, 0.4) is 0 Å². The monoisotopic (exact) mass is 662 g/mol. The van der Waals surface area contributed by atoms with Gasteiger partial charge in [0.25, 0.3) is 0 Å². The van der Waals surface area contributed by atoms with Crippen molar-refractivity contribution in [1.82, 2.24) is 9.97 Å². The van der Waals surface area contributed by atoms with E-state index in [1.54, 1.807) is 0 Å². The molecule has 0 radical (unpaired) electrons. The summed E-state index contributed by atoms with van der Waals surface area (Å²) in [5.41, 5.74) is 16.2. The lowest BCUT2D eigenvalue weighted by molar-refractivity contribution is 0.628. The fraction of sp³-hybridized carbons (Fsp3) is 0.0204. The first-order valence-corrected chi connectivity index (χ1v) is 17.7. The SMILES string of the molecule is c1ccc(-c2ccc(-c3nc(-c4ccccc4)cc(-c4cccc5c4-c4ccccc4C54c5ccccc5-c5oc6ccccc6c54)n3)cc2)cc1. The molecule has 2 aromatic heterocycles. The van der Waals surface area contributed by atoms with Crippen molar-refractivity contribution in [3.63, 3.8) is 0 Å². The highest BCUT2D eigenvalue weighted by Crippen LogP contribution is 2.65. The van der Waals surface area contributed by atoms with E-state index in [0.717, 1.165) is 55.9 Å².